The zero-order chi connectivity index (χ0) is 11.6. The second kappa shape index (κ2) is 4.74. The van der Waals surface area contributed by atoms with Crippen LogP contribution < -0.4 is 5.32 Å². The van der Waals surface area contributed by atoms with Gasteiger partial charge in [0.2, 0.25) is 5.91 Å². The van der Waals surface area contributed by atoms with E-state index in [1.165, 1.54) is 32.1 Å². The fourth-order valence-corrected chi connectivity index (χ4v) is 2.51. The third kappa shape index (κ3) is 2.97. The molecule has 0 aromatic heterocycles. The number of hydrogen-bond acceptors (Lipinski definition) is 2. The predicted molar refractivity (Wildman–Crippen MR) is 65.2 cm³/mol. The first-order chi connectivity index (χ1) is 7.59. The monoisotopic (exact) mass is 224 g/mol. The Morgan fingerprint density at radius 3 is 2.44 bits per heavy atom. The van der Waals surface area contributed by atoms with E-state index in [0.717, 1.165) is 19.0 Å². The molecule has 0 spiro atoms. The molecule has 2 fully saturated rings. The summed E-state index contributed by atoms with van der Waals surface area (Å²) < 4.78 is 0. The normalized spacial score (nSPS) is 22.2. The molecule has 0 unspecified atom stereocenters. The number of nitrogens with zero attached hydrogens (tertiary/aromatic N) is 1. The van der Waals surface area contributed by atoms with E-state index >= 15 is 0 Å². The molecule has 1 heterocycles. The quantitative estimate of drug-likeness (QED) is 0.789. The fourth-order valence-electron chi connectivity index (χ4n) is 2.51. The molecule has 16 heavy (non-hydrogen) atoms. The van der Waals surface area contributed by atoms with E-state index in [4.69, 9.17) is 0 Å². The summed E-state index contributed by atoms with van der Waals surface area (Å²) in [6.07, 6.45) is 6.27. The van der Waals surface area contributed by atoms with Gasteiger partial charge in [0.05, 0.1) is 6.54 Å². The lowest BCUT2D eigenvalue weighted by atomic mass is 9.99. The lowest BCUT2D eigenvalue weighted by Gasteiger charge is -2.30. The molecule has 1 saturated carbocycles. The first kappa shape index (κ1) is 11.9. The molecule has 1 aliphatic heterocycles. The predicted octanol–water partition coefficient (Wildman–Crippen LogP) is 1.78. The van der Waals surface area contributed by atoms with Crippen molar-refractivity contribution in [2.45, 2.75) is 51.5 Å². The van der Waals surface area contributed by atoms with E-state index in [2.05, 4.69) is 19.2 Å². The second-order valence-corrected chi connectivity index (χ2v) is 5.79. The van der Waals surface area contributed by atoms with Crippen LogP contribution in [0, 0.1) is 5.92 Å². The summed E-state index contributed by atoms with van der Waals surface area (Å²) >= 11 is 0. The van der Waals surface area contributed by atoms with Gasteiger partial charge >= 0.3 is 0 Å². The summed E-state index contributed by atoms with van der Waals surface area (Å²) in [5.74, 6) is 1.06. The van der Waals surface area contributed by atoms with Crippen LogP contribution in [0.5, 0.6) is 0 Å². The number of piperidine rings is 1. The van der Waals surface area contributed by atoms with Gasteiger partial charge in [-0.3, -0.25) is 4.79 Å². The maximum atomic E-state index is 12.0. The zero-order valence-corrected chi connectivity index (χ0v) is 10.6. The molecule has 0 aromatic carbocycles. The van der Waals surface area contributed by atoms with Crippen LogP contribution in [0.15, 0.2) is 0 Å². The molecule has 3 nitrogen and oxygen atoms in total. The highest BCUT2D eigenvalue weighted by molar-refractivity contribution is 5.78. The van der Waals surface area contributed by atoms with E-state index < -0.39 is 0 Å². The maximum Gasteiger partial charge on any atom is 0.236 e. The van der Waals surface area contributed by atoms with E-state index in [1.54, 1.807) is 0 Å². The molecule has 2 aliphatic rings. The van der Waals surface area contributed by atoms with E-state index in [0.29, 0.717) is 6.54 Å². The standard InChI is InChI=1S/C13H24N2O/c1-13(2,11-6-7-11)14-10-12(16)15-8-4-3-5-9-15/h11,14H,3-10H2,1-2H3. The summed E-state index contributed by atoms with van der Waals surface area (Å²) in [7, 11) is 0. The number of likely N-dealkylation sites (tertiary alicyclic amines) is 1. The third-order valence-electron chi connectivity index (χ3n) is 4.00. The molecule has 0 atom stereocenters. The Morgan fingerprint density at radius 2 is 1.88 bits per heavy atom. The molecule has 1 aliphatic carbocycles. The molecule has 0 aromatic rings. The highest BCUT2D eigenvalue weighted by Crippen LogP contribution is 2.39. The Labute approximate surface area is 98.6 Å². The maximum absolute atomic E-state index is 12.0. The van der Waals surface area contributed by atoms with Crippen LogP contribution in [-0.2, 0) is 4.79 Å². The molecule has 2 rings (SSSR count). The average Bonchev–Trinajstić information content (AvgIpc) is 3.11. The van der Waals surface area contributed by atoms with Gasteiger partial charge in [-0.15, -0.1) is 0 Å². The number of nitrogens with one attached hydrogen (secondary N) is 1. The number of carbonyl (C=O) groups excluding carboxylic acids is 1. The lowest BCUT2D eigenvalue weighted by molar-refractivity contribution is -0.131. The first-order valence-corrected chi connectivity index (χ1v) is 6.62. The Kier molecular flexibility index (Phi) is 3.53. The van der Waals surface area contributed by atoms with Crippen LogP contribution in [0.25, 0.3) is 0 Å². The van der Waals surface area contributed by atoms with Crippen LogP contribution in [0.1, 0.15) is 46.0 Å². The molecule has 92 valence electrons. The molecule has 1 amide bonds. The Balaban J connectivity index is 1.74. The second-order valence-electron chi connectivity index (χ2n) is 5.79. The Hall–Kier alpha value is -0.570. The molecular formula is C13H24N2O. The number of carbonyl (C=O) groups is 1. The van der Waals surface area contributed by atoms with Crippen molar-refractivity contribution in [3.05, 3.63) is 0 Å². The van der Waals surface area contributed by atoms with E-state index in [1.807, 2.05) is 4.90 Å². The largest absolute Gasteiger partial charge is 0.342 e. The van der Waals surface area contributed by atoms with Crippen molar-refractivity contribution < 1.29 is 4.79 Å². The number of hydrogen-bond donors (Lipinski definition) is 1. The van der Waals surface area contributed by atoms with Gasteiger partial charge in [0, 0.05) is 18.6 Å². The van der Waals surface area contributed by atoms with Gasteiger partial charge in [0.25, 0.3) is 0 Å². The van der Waals surface area contributed by atoms with Crippen LogP contribution >= 0.6 is 0 Å². The molecule has 3 heteroatoms. The minimum absolute atomic E-state index is 0.144. The molecular weight excluding hydrogens is 200 g/mol. The number of rotatable bonds is 4. The van der Waals surface area contributed by atoms with Crippen molar-refractivity contribution in [3.8, 4) is 0 Å². The van der Waals surface area contributed by atoms with Gasteiger partial charge in [-0.25, -0.2) is 0 Å². The van der Waals surface area contributed by atoms with Crippen LogP contribution in [0.3, 0.4) is 0 Å². The van der Waals surface area contributed by atoms with Gasteiger partial charge in [-0.05, 0) is 51.9 Å². The van der Waals surface area contributed by atoms with Gasteiger partial charge < -0.3 is 10.2 Å². The molecule has 1 saturated heterocycles. The smallest absolute Gasteiger partial charge is 0.236 e. The summed E-state index contributed by atoms with van der Waals surface area (Å²) in [5.41, 5.74) is 0.144. The van der Waals surface area contributed by atoms with Crippen molar-refractivity contribution in [1.29, 1.82) is 0 Å². The molecule has 0 bridgehead atoms. The summed E-state index contributed by atoms with van der Waals surface area (Å²) in [6.45, 7) is 6.88. The van der Waals surface area contributed by atoms with E-state index in [9.17, 15) is 4.79 Å². The topological polar surface area (TPSA) is 32.3 Å². The van der Waals surface area contributed by atoms with Gasteiger partial charge in [0.1, 0.15) is 0 Å². The Morgan fingerprint density at radius 1 is 1.25 bits per heavy atom. The van der Waals surface area contributed by atoms with Crippen molar-refractivity contribution >= 4 is 5.91 Å². The fraction of sp³-hybridized carbons (Fsp3) is 0.923. The van der Waals surface area contributed by atoms with Crippen molar-refractivity contribution in [2.24, 2.45) is 5.92 Å². The minimum Gasteiger partial charge on any atom is -0.342 e. The van der Waals surface area contributed by atoms with Gasteiger partial charge in [-0.1, -0.05) is 0 Å². The summed E-state index contributed by atoms with van der Waals surface area (Å²) in [6, 6.07) is 0. The summed E-state index contributed by atoms with van der Waals surface area (Å²) in [4.78, 5) is 14.0. The first-order valence-electron chi connectivity index (χ1n) is 6.62. The molecule has 1 N–H and O–H groups in total. The highest BCUT2D eigenvalue weighted by atomic mass is 16.2. The Bertz CT molecular complexity index is 253. The van der Waals surface area contributed by atoms with Crippen LogP contribution in [-0.4, -0.2) is 36.0 Å². The van der Waals surface area contributed by atoms with Crippen LogP contribution in [0.4, 0.5) is 0 Å². The molecule has 0 radical (unpaired) electrons. The summed E-state index contributed by atoms with van der Waals surface area (Å²) in [5, 5.41) is 3.43. The number of amides is 1. The SMILES string of the molecule is CC(C)(NCC(=O)N1CCCCC1)C1CC1. The van der Waals surface area contributed by atoms with Gasteiger partial charge in [-0.2, -0.15) is 0 Å². The van der Waals surface area contributed by atoms with Crippen molar-refractivity contribution in [2.75, 3.05) is 19.6 Å². The highest BCUT2D eigenvalue weighted by Gasteiger charge is 2.37. The minimum atomic E-state index is 0.144. The lowest BCUT2D eigenvalue weighted by Crippen LogP contribution is -2.48. The van der Waals surface area contributed by atoms with Crippen molar-refractivity contribution in [1.82, 2.24) is 10.2 Å². The van der Waals surface area contributed by atoms with E-state index in [-0.39, 0.29) is 11.4 Å². The van der Waals surface area contributed by atoms with Crippen molar-refractivity contribution in [3.63, 3.8) is 0 Å². The van der Waals surface area contributed by atoms with Crippen LogP contribution in [0.2, 0.25) is 0 Å². The van der Waals surface area contributed by atoms with Gasteiger partial charge in [0.15, 0.2) is 0 Å². The third-order valence-corrected chi connectivity index (χ3v) is 4.00. The average molecular weight is 224 g/mol. The zero-order valence-electron chi connectivity index (χ0n) is 10.6.